The molecule has 2 fully saturated rings. The Morgan fingerprint density at radius 1 is 1.26 bits per heavy atom. The van der Waals surface area contributed by atoms with Crippen molar-refractivity contribution in [2.75, 3.05) is 13.2 Å². The summed E-state index contributed by atoms with van der Waals surface area (Å²) in [6.07, 6.45) is 4.89. The molecule has 1 spiro atoms. The molecular weight excluding hydrogens is 398 g/mol. The SMILES string of the molecule is C[C@@H]1CCCC[C@@]12NC(=O)N(CC(=O)OCC(=O)N[C@@H](C)CCc1ccccc1)C2=O. The number of imide groups is 1. The van der Waals surface area contributed by atoms with Crippen LogP contribution in [0.15, 0.2) is 30.3 Å². The number of hydrogen-bond acceptors (Lipinski definition) is 5. The minimum atomic E-state index is -0.916. The van der Waals surface area contributed by atoms with E-state index in [0.717, 1.165) is 37.0 Å². The quantitative estimate of drug-likeness (QED) is 0.487. The molecule has 1 heterocycles. The van der Waals surface area contributed by atoms with Crippen molar-refractivity contribution in [3.63, 3.8) is 0 Å². The van der Waals surface area contributed by atoms with E-state index in [1.165, 1.54) is 5.56 Å². The van der Waals surface area contributed by atoms with Gasteiger partial charge in [-0.15, -0.1) is 0 Å². The smallest absolute Gasteiger partial charge is 0.326 e. The number of urea groups is 1. The summed E-state index contributed by atoms with van der Waals surface area (Å²) in [4.78, 5) is 50.3. The maximum absolute atomic E-state index is 12.9. The monoisotopic (exact) mass is 429 g/mol. The van der Waals surface area contributed by atoms with Crippen molar-refractivity contribution in [1.29, 1.82) is 0 Å². The van der Waals surface area contributed by atoms with Crippen LogP contribution in [-0.2, 0) is 25.5 Å². The summed E-state index contributed by atoms with van der Waals surface area (Å²) in [5.41, 5.74) is 0.273. The molecule has 1 saturated carbocycles. The Morgan fingerprint density at radius 2 is 2.00 bits per heavy atom. The van der Waals surface area contributed by atoms with E-state index in [-0.39, 0.29) is 17.9 Å². The fourth-order valence-corrected chi connectivity index (χ4v) is 4.38. The molecule has 1 aromatic rings. The van der Waals surface area contributed by atoms with Gasteiger partial charge in [0.2, 0.25) is 0 Å². The van der Waals surface area contributed by atoms with Crippen molar-refractivity contribution in [1.82, 2.24) is 15.5 Å². The summed E-state index contributed by atoms with van der Waals surface area (Å²) in [6, 6.07) is 9.31. The number of ether oxygens (including phenoxy) is 1. The van der Waals surface area contributed by atoms with E-state index in [4.69, 9.17) is 4.74 Å². The van der Waals surface area contributed by atoms with Gasteiger partial charge >= 0.3 is 12.0 Å². The molecule has 3 atom stereocenters. The van der Waals surface area contributed by atoms with E-state index in [1.54, 1.807) is 0 Å². The Balaban J connectivity index is 1.41. The van der Waals surface area contributed by atoms with Gasteiger partial charge in [-0.2, -0.15) is 0 Å². The van der Waals surface area contributed by atoms with Crippen LogP contribution >= 0.6 is 0 Å². The Labute approximate surface area is 182 Å². The van der Waals surface area contributed by atoms with E-state index in [9.17, 15) is 19.2 Å². The largest absolute Gasteiger partial charge is 0.454 e. The summed E-state index contributed by atoms with van der Waals surface area (Å²) in [5.74, 6) is -1.55. The Bertz CT molecular complexity index is 828. The van der Waals surface area contributed by atoms with E-state index >= 15 is 0 Å². The van der Waals surface area contributed by atoms with E-state index in [1.807, 2.05) is 44.2 Å². The number of benzene rings is 1. The van der Waals surface area contributed by atoms with Crippen molar-refractivity contribution in [3.8, 4) is 0 Å². The Kier molecular flexibility index (Phi) is 7.30. The first kappa shape index (κ1) is 22.8. The molecule has 8 heteroatoms. The lowest BCUT2D eigenvalue weighted by atomic mass is 9.73. The highest BCUT2D eigenvalue weighted by Gasteiger charge is 2.55. The fraction of sp³-hybridized carbons (Fsp3) is 0.565. The van der Waals surface area contributed by atoms with Crippen LogP contribution in [-0.4, -0.2) is 53.4 Å². The minimum absolute atomic E-state index is 0.0156. The highest BCUT2D eigenvalue weighted by molar-refractivity contribution is 6.09. The van der Waals surface area contributed by atoms with E-state index in [2.05, 4.69) is 10.6 Å². The summed E-state index contributed by atoms with van der Waals surface area (Å²) in [6.45, 7) is 2.90. The van der Waals surface area contributed by atoms with Crippen molar-refractivity contribution >= 4 is 23.8 Å². The van der Waals surface area contributed by atoms with E-state index in [0.29, 0.717) is 6.42 Å². The Hall–Kier alpha value is -2.90. The molecule has 1 aliphatic carbocycles. The maximum Gasteiger partial charge on any atom is 0.326 e. The third kappa shape index (κ3) is 5.42. The lowest BCUT2D eigenvalue weighted by Crippen LogP contribution is -2.54. The van der Waals surface area contributed by atoms with Crippen LogP contribution in [0, 0.1) is 5.92 Å². The number of carbonyl (C=O) groups excluding carboxylic acids is 4. The lowest BCUT2D eigenvalue weighted by molar-refractivity contribution is -0.151. The number of rotatable bonds is 8. The number of carbonyl (C=O) groups is 4. The average molecular weight is 430 g/mol. The van der Waals surface area contributed by atoms with Gasteiger partial charge in [0.05, 0.1) is 0 Å². The molecule has 2 aliphatic rings. The van der Waals surface area contributed by atoms with Gasteiger partial charge < -0.3 is 15.4 Å². The molecule has 0 unspecified atom stereocenters. The molecule has 8 nitrogen and oxygen atoms in total. The van der Waals surface area contributed by atoms with Crippen molar-refractivity contribution < 1.29 is 23.9 Å². The minimum Gasteiger partial charge on any atom is -0.454 e. The molecule has 0 aromatic heterocycles. The van der Waals surface area contributed by atoms with Gasteiger partial charge in [-0.25, -0.2) is 4.79 Å². The maximum atomic E-state index is 12.9. The molecule has 3 rings (SSSR count). The van der Waals surface area contributed by atoms with Gasteiger partial charge in [0, 0.05) is 6.04 Å². The summed E-state index contributed by atoms with van der Waals surface area (Å²) in [5, 5.41) is 5.59. The number of amides is 4. The van der Waals surface area contributed by atoms with Crippen LogP contribution in [0.2, 0.25) is 0 Å². The summed E-state index contributed by atoms with van der Waals surface area (Å²) >= 11 is 0. The fourth-order valence-electron chi connectivity index (χ4n) is 4.38. The summed E-state index contributed by atoms with van der Waals surface area (Å²) < 4.78 is 5.00. The molecular formula is C23H31N3O5. The normalized spacial score (nSPS) is 24.1. The second-order valence-corrected chi connectivity index (χ2v) is 8.59. The number of aryl methyl sites for hydroxylation is 1. The summed E-state index contributed by atoms with van der Waals surface area (Å²) in [7, 11) is 0. The van der Waals surface area contributed by atoms with Crippen LogP contribution in [0.1, 0.15) is 51.5 Å². The number of nitrogens with zero attached hydrogens (tertiary/aromatic N) is 1. The predicted octanol–water partition coefficient (Wildman–Crippen LogP) is 2.17. The van der Waals surface area contributed by atoms with Crippen LogP contribution in [0.25, 0.3) is 0 Å². The van der Waals surface area contributed by atoms with Crippen molar-refractivity contribution in [3.05, 3.63) is 35.9 Å². The highest BCUT2D eigenvalue weighted by Crippen LogP contribution is 2.38. The second-order valence-electron chi connectivity index (χ2n) is 8.59. The molecule has 0 radical (unpaired) electrons. The average Bonchev–Trinajstić information content (AvgIpc) is 2.98. The standard InChI is InChI=1S/C23H31N3O5/c1-16-8-6-7-13-23(16)21(29)26(22(30)25-23)14-20(28)31-15-19(27)24-17(2)11-12-18-9-4-3-5-10-18/h3-5,9-10,16-17H,6-8,11-15H2,1-2H3,(H,24,27)(H,25,30)/t16-,17+,23-/m1/s1. The first-order valence-corrected chi connectivity index (χ1v) is 10.9. The zero-order valence-electron chi connectivity index (χ0n) is 18.2. The van der Waals surface area contributed by atoms with E-state index < -0.39 is 36.6 Å². The first-order valence-electron chi connectivity index (χ1n) is 10.9. The molecule has 1 aromatic carbocycles. The predicted molar refractivity (Wildman–Crippen MR) is 114 cm³/mol. The molecule has 168 valence electrons. The topological polar surface area (TPSA) is 105 Å². The molecule has 0 bridgehead atoms. The van der Waals surface area contributed by atoms with Gasteiger partial charge in [0.25, 0.3) is 11.8 Å². The van der Waals surface area contributed by atoms with Crippen LogP contribution < -0.4 is 10.6 Å². The zero-order chi connectivity index (χ0) is 22.4. The number of esters is 1. The van der Waals surface area contributed by atoms with Crippen LogP contribution in [0.4, 0.5) is 4.79 Å². The van der Waals surface area contributed by atoms with Gasteiger partial charge in [0.15, 0.2) is 6.61 Å². The molecule has 2 N–H and O–H groups in total. The van der Waals surface area contributed by atoms with Gasteiger partial charge in [-0.1, -0.05) is 50.1 Å². The van der Waals surface area contributed by atoms with Gasteiger partial charge in [-0.05, 0) is 44.1 Å². The highest BCUT2D eigenvalue weighted by atomic mass is 16.5. The molecule has 4 amide bonds. The van der Waals surface area contributed by atoms with Gasteiger partial charge in [0.1, 0.15) is 12.1 Å². The third-order valence-corrected chi connectivity index (χ3v) is 6.27. The lowest BCUT2D eigenvalue weighted by Gasteiger charge is -2.36. The van der Waals surface area contributed by atoms with Gasteiger partial charge in [-0.3, -0.25) is 19.3 Å². The first-order chi connectivity index (χ1) is 14.8. The van der Waals surface area contributed by atoms with Crippen molar-refractivity contribution in [2.24, 2.45) is 5.92 Å². The molecule has 31 heavy (non-hydrogen) atoms. The second kappa shape index (κ2) is 9.94. The number of hydrogen-bond donors (Lipinski definition) is 2. The number of nitrogens with one attached hydrogen (secondary N) is 2. The van der Waals surface area contributed by atoms with Crippen molar-refractivity contribution in [2.45, 2.75) is 64.0 Å². The zero-order valence-corrected chi connectivity index (χ0v) is 18.2. The van der Waals surface area contributed by atoms with Crippen LogP contribution in [0.3, 0.4) is 0 Å². The third-order valence-electron chi connectivity index (χ3n) is 6.27. The van der Waals surface area contributed by atoms with Crippen LogP contribution in [0.5, 0.6) is 0 Å². The Morgan fingerprint density at radius 3 is 2.71 bits per heavy atom. The molecule has 1 saturated heterocycles. The molecule has 1 aliphatic heterocycles.